The van der Waals surface area contributed by atoms with Crippen molar-refractivity contribution in [2.45, 2.75) is 33.0 Å². The highest BCUT2D eigenvalue weighted by atomic mass is 16.4. The molecule has 0 aliphatic carbocycles. The largest absolute Gasteiger partial charge is 0.475 e. The molecule has 0 radical (unpaired) electrons. The Balaban J connectivity index is 2.28. The van der Waals surface area contributed by atoms with Crippen molar-refractivity contribution >= 4 is 5.97 Å². The minimum absolute atomic E-state index is 0.100. The molecule has 1 N–H and O–H groups in total. The minimum Gasteiger partial charge on any atom is -0.475 e. The second kappa shape index (κ2) is 3.13. The van der Waals surface area contributed by atoms with Crippen LogP contribution < -0.4 is 0 Å². The van der Waals surface area contributed by atoms with Crippen LogP contribution in [0.5, 0.6) is 0 Å². The average Bonchev–Trinajstić information content (AvgIpc) is 2.58. The molecule has 0 saturated carbocycles. The van der Waals surface area contributed by atoms with Gasteiger partial charge in [-0.15, -0.1) is 0 Å². The van der Waals surface area contributed by atoms with Gasteiger partial charge in [-0.1, -0.05) is 0 Å². The van der Waals surface area contributed by atoms with Crippen LogP contribution >= 0.6 is 0 Å². The van der Waals surface area contributed by atoms with E-state index in [9.17, 15) is 4.79 Å². The van der Waals surface area contributed by atoms with Gasteiger partial charge in [0.2, 0.25) is 5.76 Å². The van der Waals surface area contributed by atoms with Crippen molar-refractivity contribution in [1.82, 2.24) is 4.90 Å². The van der Waals surface area contributed by atoms with Crippen LogP contribution in [-0.4, -0.2) is 22.0 Å². The summed E-state index contributed by atoms with van der Waals surface area (Å²) in [6, 6.07) is 0.434. The molecule has 0 bridgehead atoms. The zero-order valence-electron chi connectivity index (χ0n) is 8.28. The lowest BCUT2D eigenvalue weighted by molar-refractivity contribution is 0.0658. The van der Waals surface area contributed by atoms with E-state index in [2.05, 4.69) is 18.7 Å². The van der Waals surface area contributed by atoms with Crippen LogP contribution in [0, 0.1) is 0 Å². The van der Waals surface area contributed by atoms with Crippen LogP contribution in [-0.2, 0) is 13.1 Å². The van der Waals surface area contributed by atoms with Gasteiger partial charge in [-0.2, -0.15) is 0 Å². The maximum Gasteiger partial charge on any atom is 0.372 e. The third-order valence-electron chi connectivity index (χ3n) is 2.64. The first kappa shape index (κ1) is 9.27. The summed E-state index contributed by atoms with van der Waals surface area (Å²) in [6.07, 6.45) is 1.56. The van der Waals surface area contributed by atoms with Gasteiger partial charge in [-0.25, -0.2) is 4.79 Å². The van der Waals surface area contributed by atoms with Crippen molar-refractivity contribution in [3.63, 3.8) is 0 Å². The summed E-state index contributed by atoms with van der Waals surface area (Å²) in [5.74, 6) is -0.875. The summed E-state index contributed by atoms with van der Waals surface area (Å²) in [5.41, 5.74) is 1.85. The fourth-order valence-corrected chi connectivity index (χ4v) is 1.75. The fourth-order valence-electron chi connectivity index (χ4n) is 1.75. The molecule has 0 atom stereocenters. The third-order valence-corrected chi connectivity index (χ3v) is 2.64. The first-order chi connectivity index (χ1) is 6.59. The summed E-state index contributed by atoms with van der Waals surface area (Å²) in [5, 5.41) is 8.85. The number of nitrogens with zero attached hydrogens (tertiary/aromatic N) is 1. The number of rotatable bonds is 2. The third kappa shape index (κ3) is 1.32. The van der Waals surface area contributed by atoms with E-state index < -0.39 is 5.97 Å². The number of carboxylic acids is 1. The monoisotopic (exact) mass is 195 g/mol. The molecule has 4 nitrogen and oxygen atoms in total. The van der Waals surface area contributed by atoms with Gasteiger partial charge < -0.3 is 9.52 Å². The first-order valence-electron chi connectivity index (χ1n) is 4.66. The molecule has 14 heavy (non-hydrogen) atoms. The molecule has 76 valence electrons. The number of hydrogen-bond acceptors (Lipinski definition) is 3. The smallest absolute Gasteiger partial charge is 0.372 e. The molecule has 2 rings (SSSR count). The van der Waals surface area contributed by atoms with Crippen LogP contribution in [0.15, 0.2) is 10.7 Å². The molecule has 1 aliphatic heterocycles. The predicted molar refractivity (Wildman–Crippen MR) is 50.1 cm³/mol. The lowest BCUT2D eigenvalue weighted by Crippen LogP contribution is -2.25. The Morgan fingerprint density at radius 2 is 2.29 bits per heavy atom. The maximum atomic E-state index is 10.8. The topological polar surface area (TPSA) is 53.7 Å². The molecule has 0 fully saturated rings. The maximum absolute atomic E-state index is 10.8. The Morgan fingerprint density at radius 1 is 1.57 bits per heavy atom. The second-order valence-electron chi connectivity index (χ2n) is 3.87. The summed E-state index contributed by atoms with van der Waals surface area (Å²) in [7, 11) is 0. The molecule has 0 unspecified atom stereocenters. The highest BCUT2D eigenvalue weighted by Crippen LogP contribution is 2.28. The molecule has 0 amide bonds. The van der Waals surface area contributed by atoms with Crippen LogP contribution in [0.2, 0.25) is 0 Å². The molecular formula is C10H13NO3. The van der Waals surface area contributed by atoms with Gasteiger partial charge in [0.15, 0.2) is 0 Å². The van der Waals surface area contributed by atoms with E-state index in [1.165, 1.54) is 0 Å². The van der Waals surface area contributed by atoms with Crippen LogP contribution in [0.4, 0.5) is 0 Å². The van der Waals surface area contributed by atoms with Gasteiger partial charge in [-0.3, -0.25) is 4.90 Å². The molecule has 0 aromatic carbocycles. The SMILES string of the molecule is CC(C)N1Cc2coc(C(=O)O)c2C1. The number of aromatic carboxylic acids is 1. The zero-order valence-corrected chi connectivity index (χ0v) is 8.28. The predicted octanol–water partition coefficient (Wildman–Crippen LogP) is 1.70. The Kier molecular flexibility index (Phi) is 2.07. The van der Waals surface area contributed by atoms with Gasteiger partial charge >= 0.3 is 5.97 Å². The minimum atomic E-state index is -0.975. The lowest BCUT2D eigenvalue weighted by atomic mass is 10.2. The summed E-state index contributed by atoms with van der Waals surface area (Å²) in [4.78, 5) is 13.0. The molecule has 1 aromatic rings. The highest BCUT2D eigenvalue weighted by Gasteiger charge is 2.28. The van der Waals surface area contributed by atoms with E-state index in [1.807, 2.05) is 0 Å². The standard InChI is InChI=1S/C10H13NO3/c1-6(2)11-3-7-5-14-9(10(12)13)8(7)4-11/h5-6H,3-4H2,1-2H3,(H,12,13). The summed E-state index contributed by atoms with van der Waals surface area (Å²) in [6.45, 7) is 5.68. The van der Waals surface area contributed by atoms with Crippen LogP contribution in [0.25, 0.3) is 0 Å². The van der Waals surface area contributed by atoms with Crippen molar-refractivity contribution < 1.29 is 14.3 Å². The van der Waals surface area contributed by atoms with Crippen molar-refractivity contribution in [2.75, 3.05) is 0 Å². The first-order valence-corrected chi connectivity index (χ1v) is 4.66. The highest BCUT2D eigenvalue weighted by molar-refractivity contribution is 5.86. The van der Waals surface area contributed by atoms with E-state index in [4.69, 9.17) is 9.52 Å². The Labute approximate surface area is 82.1 Å². The molecule has 2 heterocycles. The van der Waals surface area contributed by atoms with E-state index in [0.717, 1.165) is 17.7 Å². The van der Waals surface area contributed by atoms with E-state index in [1.54, 1.807) is 6.26 Å². The van der Waals surface area contributed by atoms with Crippen LogP contribution in [0.1, 0.15) is 35.5 Å². The number of furan rings is 1. The fraction of sp³-hybridized carbons (Fsp3) is 0.500. The second-order valence-corrected chi connectivity index (χ2v) is 3.87. The van der Waals surface area contributed by atoms with E-state index >= 15 is 0 Å². The normalized spacial score (nSPS) is 16.2. The van der Waals surface area contributed by atoms with Gasteiger partial charge in [0, 0.05) is 30.3 Å². The molecule has 0 saturated heterocycles. The van der Waals surface area contributed by atoms with Crippen molar-refractivity contribution in [2.24, 2.45) is 0 Å². The van der Waals surface area contributed by atoms with E-state index in [0.29, 0.717) is 12.6 Å². The lowest BCUT2D eigenvalue weighted by Gasteiger charge is -2.19. The van der Waals surface area contributed by atoms with Crippen LogP contribution in [0.3, 0.4) is 0 Å². The van der Waals surface area contributed by atoms with Gasteiger partial charge in [0.1, 0.15) is 0 Å². The van der Waals surface area contributed by atoms with Gasteiger partial charge in [0.25, 0.3) is 0 Å². The summed E-state index contributed by atoms with van der Waals surface area (Å²) < 4.78 is 5.00. The van der Waals surface area contributed by atoms with Gasteiger partial charge in [-0.05, 0) is 13.8 Å². The Morgan fingerprint density at radius 3 is 2.86 bits per heavy atom. The summed E-state index contributed by atoms with van der Waals surface area (Å²) >= 11 is 0. The van der Waals surface area contributed by atoms with Crippen molar-refractivity contribution in [3.05, 3.63) is 23.2 Å². The quantitative estimate of drug-likeness (QED) is 0.780. The van der Waals surface area contributed by atoms with Crippen molar-refractivity contribution in [3.8, 4) is 0 Å². The molecule has 1 aliphatic rings. The molecule has 1 aromatic heterocycles. The zero-order chi connectivity index (χ0) is 10.3. The molecular weight excluding hydrogens is 182 g/mol. The average molecular weight is 195 g/mol. The van der Waals surface area contributed by atoms with E-state index in [-0.39, 0.29) is 5.76 Å². The van der Waals surface area contributed by atoms with Gasteiger partial charge in [0.05, 0.1) is 6.26 Å². The number of carbonyl (C=O) groups is 1. The Bertz CT molecular complexity index is 367. The molecule has 0 spiro atoms. The number of hydrogen-bond donors (Lipinski definition) is 1. The number of carboxylic acid groups (broad SMARTS) is 1. The molecule has 4 heteroatoms. The van der Waals surface area contributed by atoms with Crippen molar-refractivity contribution in [1.29, 1.82) is 0 Å². The Hall–Kier alpha value is -1.29. The number of fused-ring (bicyclic) bond motifs is 1.